The molecule has 1 unspecified atom stereocenters. The number of aliphatic imine (C=N–C) groups is 1. The summed E-state index contributed by atoms with van der Waals surface area (Å²) in [6.07, 6.45) is 4.08. The van der Waals surface area contributed by atoms with Crippen molar-refractivity contribution in [2.24, 2.45) is 4.99 Å². The number of hydrogen-bond donors (Lipinski definition) is 4. The molecule has 0 bridgehead atoms. The lowest BCUT2D eigenvalue weighted by molar-refractivity contribution is 0.463. The first-order chi connectivity index (χ1) is 15.3. The van der Waals surface area contributed by atoms with Crippen molar-refractivity contribution in [1.82, 2.24) is 20.8 Å². The summed E-state index contributed by atoms with van der Waals surface area (Å²) < 4.78 is 0.865. The Balaban J connectivity index is 1.25. The van der Waals surface area contributed by atoms with Gasteiger partial charge in [-0.2, -0.15) is 5.10 Å². The second-order valence-corrected chi connectivity index (χ2v) is 8.79. The number of nitrogens with zero attached hydrogens (tertiary/aromatic N) is 2. The zero-order valence-corrected chi connectivity index (χ0v) is 18.6. The molecule has 2 aromatic carbocycles. The molecule has 1 fully saturated rings. The summed E-state index contributed by atoms with van der Waals surface area (Å²) >= 11 is 3.58. The molecule has 1 aliphatic carbocycles. The van der Waals surface area contributed by atoms with Gasteiger partial charge in [0.05, 0.1) is 4.48 Å². The van der Waals surface area contributed by atoms with Gasteiger partial charge in [-0.3, -0.25) is 15.4 Å². The van der Waals surface area contributed by atoms with Crippen molar-refractivity contribution in [2.45, 2.75) is 31.0 Å². The molecule has 1 saturated carbocycles. The van der Waals surface area contributed by atoms with Crippen LogP contribution in [-0.2, 0) is 0 Å². The molecule has 31 heavy (non-hydrogen) atoms. The SMILES string of the molecule is BrC1=C(Nc2cc(C3CC3)[nH]n2)NC(NCC(c2ccccc2)c2ccccc2)N=C1. The van der Waals surface area contributed by atoms with E-state index in [4.69, 9.17) is 0 Å². The minimum atomic E-state index is -0.236. The second kappa shape index (κ2) is 9.08. The minimum Gasteiger partial charge on any atom is -0.337 e. The van der Waals surface area contributed by atoms with E-state index < -0.39 is 0 Å². The Kier molecular flexibility index (Phi) is 5.86. The molecule has 1 atom stereocenters. The molecule has 0 radical (unpaired) electrons. The van der Waals surface area contributed by atoms with Crippen LogP contribution < -0.4 is 16.0 Å². The summed E-state index contributed by atoms with van der Waals surface area (Å²) in [5.41, 5.74) is 3.76. The number of nitrogens with one attached hydrogen (secondary N) is 4. The van der Waals surface area contributed by atoms with Gasteiger partial charge in [0, 0.05) is 36.4 Å². The van der Waals surface area contributed by atoms with Gasteiger partial charge in [0.15, 0.2) is 12.1 Å². The Morgan fingerprint density at radius 1 is 1.00 bits per heavy atom. The van der Waals surface area contributed by atoms with Gasteiger partial charge in [-0.15, -0.1) is 0 Å². The molecule has 1 aromatic heterocycles. The number of anilines is 1. The molecular formula is C24H25BrN6. The van der Waals surface area contributed by atoms with E-state index in [2.05, 4.69) is 114 Å². The highest BCUT2D eigenvalue weighted by Crippen LogP contribution is 2.39. The Hall–Kier alpha value is -2.90. The van der Waals surface area contributed by atoms with Gasteiger partial charge in [-0.05, 0) is 39.9 Å². The van der Waals surface area contributed by atoms with Crippen LogP contribution in [0.5, 0.6) is 0 Å². The average Bonchev–Trinajstić information content (AvgIpc) is 3.56. The molecule has 4 N–H and O–H groups in total. The molecule has 2 heterocycles. The third-order valence-corrected chi connectivity index (χ3v) is 6.25. The molecule has 0 spiro atoms. The van der Waals surface area contributed by atoms with Crippen LogP contribution in [0.1, 0.15) is 41.5 Å². The van der Waals surface area contributed by atoms with Crippen molar-refractivity contribution in [3.8, 4) is 0 Å². The highest BCUT2D eigenvalue weighted by atomic mass is 79.9. The average molecular weight is 477 g/mol. The third kappa shape index (κ3) is 4.89. The van der Waals surface area contributed by atoms with Crippen molar-refractivity contribution in [3.63, 3.8) is 0 Å². The van der Waals surface area contributed by atoms with Crippen LogP contribution in [0.2, 0.25) is 0 Å². The zero-order valence-electron chi connectivity index (χ0n) is 17.1. The number of rotatable bonds is 8. The molecule has 3 aromatic rings. The maximum atomic E-state index is 4.58. The first-order valence-electron chi connectivity index (χ1n) is 10.6. The van der Waals surface area contributed by atoms with Crippen molar-refractivity contribution in [3.05, 3.63) is 93.9 Å². The van der Waals surface area contributed by atoms with Crippen LogP contribution in [0.3, 0.4) is 0 Å². The summed E-state index contributed by atoms with van der Waals surface area (Å²) in [4.78, 5) is 4.58. The van der Waals surface area contributed by atoms with Gasteiger partial charge in [-0.25, -0.2) is 0 Å². The van der Waals surface area contributed by atoms with Crippen LogP contribution in [0.15, 0.2) is 82.0 Å². The molecule has 6 nitrogen and oxygen atoms in total. The van der Waals surface area contributed by atoms with E-state index >= 15 is 0 Å². The van der Waals surface area contributed by atoms with Crippen molar-refractivity contribution in [1.29, 1.82) is 0 Å². The number of halogens is 1. The minimum absolute atomic E-state index is 0.234. The van der Waals surface area contributed by atoms with E-state index in [1.165, 1.54) is 29.7 Å². The van der Waals surface area contributed by atoms with Crippen molar-refractivity contribution < 1.29 is 0 Å². The summed E-state index contributed by atoms with van der Waals surface area (Å²) in [6, 6.07) is 23.2. The van der Waals surface area contributed by atoms with Gasteiger partial charge in [0.25, 0.3) is 0 Å². The third-order valence-electron chi connectivity index (χ3n) is 5.64. The second-order valence-electron chi connectivity index (χ2n) is 7.94. The van der Waals surface area contributed by atoms with Gasteiger partial charge >= 0.3 is 0 Å². The summed E-state index contributed by atoms with van der Waals surface area (Å²) in [5, 5.41) is 17.9. The Bertz CT molecular complexity index is 1030. The number of aromatic amines is 1. The van der Waals surface area contributed by atoms with E-state index in [1.807, 2.05) is 6.21 Å². The summed E-state index contributed by atoms with van der Waals surface area (Å²) in [5.74, 6) is 2.53. The molecule has 1 aliphatic heterocycles. The molecule has 0 amide bonds. The monoisotopic (exact) mass is 476 g/mol. The Morgan fingerprint density at radius 2 is 1.68 bits per heavy atom. The number of benzene rings is 2. The molecule has 2 aliphatic rings. The van der Waals surface area contributed by atoms with Crippen molar-refractivity contribution >= 4 is 28.0 Å². The fourth-order valence-corrected chi connectivity index (χ4v) is 4.14. The van der Waals surface area contributed by atoms with E-state index in [0.29, 0.717) is 5.92 Å². The van der Waals surface area contributed by atoms with E-state index in [0.717, 1.165) is 22.7 Å². The summed E-state index contributed by atoms with van der Waals surface area (Å²) in [7, 11) is 0. The first-order valence-corrected chi connectivity index (χ1v) is 11.4. The lowest BCUT2D eigenvalue weighted by Gasteiger charge is -2.26. The maximum Gasteiger partial charge on any atom is 0.174 e. The summed E-state index contributed by atoms with van der Waals surface area (Å²) in [6.45, 7) is 0.752. The lowest BCUT2D eigenvalue weighted by Crippen LogP contribution is -2.45. The highest BCUT2D eigenvalue weighted by molar-refractivity contribution is 9.12. The molecule has 7 heteroatoms. The molecular weight excluding hydrogens is 452 g/mol. The van der Waals surface area contributed by atoms with E-state index in [1.54, 1.807) is 0 Å². The van der Waals surface area contributed by atoms with Crippen LogP contribution in [0, 0.1) is 0 Å². The number of H-pyrrole nitrogens is 1. The number of allylic oxidation sites excluding steroid dienone is 1. The predicted molar refractivity (Wildman–Crippen MR) is 128 cm³/mol. The molecule has 158 valence electrons. The van der Waals surface area contributed by atoms with Gasteiger partial charge in [0.2, 0.25) is 0 Å². The Morgan fingerprint density at radius 3 is 2.32 bits per heavy atom. The van der Waals surface area contributed by atoms with Crippen LogP contribution in [0.25, 0.3) is 0 Å². The topological polar surface area (TPSA) is 77.1 Å². The molecule has 0 saturated heterocycles. The van der Waals surface area contributed by atoms with Crippen LogP contribution in [0.4, 0.5) is 5.82 Å². The predicted octanol–water partition coefficient (Wildman–Crippen LogP) is 4.64. The Labute approximate surface area is 190 Å². The van der Waals surface area contributed by atoms with Gasteiger partial charge in [-0.1, -0.05) is 60.7 Å². The van der Waals surface area contributed by atoms with Gasteiger partial charge < -0.3 is 10.6 Å². The highest BCUT2D eigenvalue weighted by Gasteiger charge is 2.26. The maximum absolute atomic E-state index is 4.58. The normalized spacial score (nSPS) is 18.3. The quantitative estimate of drug-likeness (QED) is 0.381. The molecule has 5 rings (SSSR count). The zero-order chi connectivity index (χ0) is 21.0. The smallest absolute Gasteiger partial charge is 0.174 e. The number of hydrogen-bond acceptors (Lipinski definition) is 5. The van der Waals surface area contributed by atoms with E-state index in [9.17, 15) is 0 Å². The lowest BCUT2D eigenvalue weighted by atomic mass is 9.91. The standard InChI is InChI=1S/C24H25BrN6/c25-20-15-27-24(29-23(20)28-22-13-21(30-31-22)18-11-12-18)26-14-19(16-7-3-1-4-8-16)17-9-5-2-6-10-17/h1-10,13,15,18-19,24,26,29H,11-12,14H2,(H2,28,30,31). The van der Waals surface area contributed by atoms with Crippen LogP contribution >= 0.6 is 15.9 Å². The first kappa shape index (κ1) is 20.0. The largest absolute Gasteiger partial charge is 0.337 e. The van der Waals surface area contributed by atoms with Crippen molar-refractivity contribution in [2.75, 3.05) is 11.9 Å². The number of aromatic nitrogens is 2. The fraction of sp³-hybridized carbons (Fsp3) is 0.250. The van der Waals surface area contributed by atoms with Crippen LogP contribution in [-0.4, -0.2) is 29.2 Å². The fourth-order valence-electron chi connectivity index (χ4n) is 3.81. The van der Waals surface area contributed by atoms with Gasteiger partial charge in [0.1, 0.15) is 5.82 Å². The van der Waals surface area contributed by atoms with E-state index in [-0.39, 0.29) is 12.2 Å².